The van der Waals surface area contributed by atoms with Crippen LogP contribution in [-0.4, -0.2) is 0 Å². The first-order valence-electron chi connectivity index (χ1n) is 3.71. The van der Waals surface area contributed by atoms with E-state index in [-0.39, 0.29) is 0 Å². The molecule has 0 amide bonds. The van der Waals surface area contributed by atoms with Gasteiger partial charge in [0.1, 0.15) is 0 Å². The predicted octanol–water partition coefficient (Wildman–Crippen LogP) is 2.70. The summed E-state index contributed by atoms with van der Waals surface area (Å²) in [5.41, 5.74) is 0.898. The van der Waals surface area contributed by atoms with Crippen LogP contribution in [-0.2, 0) is 0 Å². The SMILES string of the molecule is [O-][n+]1cc(Cl)sc1-c1ccccc1. The highest BCUT2D eigenvalue weighted by atomic mass is 35.5. The van der Waals surface area contributed by atoms with Crippen LogP contribution in [0, 0.1) is 5.21 Å². The monoisotopic (exact) mass is 211 g/mol. The quantitative estimate of drug-likeness (QED) is 0.526. The van der Waals surface area contributed by atoms with Gasteiger partial charge in [-0.15, -0.1) is 0 Å². The van der Waals surface area contributed by atoms with Crippen LogP contribution in [0.5, 0.6) is 0 Å². The van der Waals surface area contributed by atoms with Crippen LogP contribution in [0.4, 0.5) is 0 Å². The van der Waals surface area contributed by atoms with Crippen LogP contribution >= 0.6 is 22.9 Å². The molecule has 2 aromatic rings. The van der Waals surface area contributed by atoms with Crippen molar-refractivity contribution in [2.45, 2.75) is 0 Å². The number of halogens is 1. The van der Waals surface area contributed by atoms with E-state index in [1.54, 1.807) is 0 Å². The van der Waals surface area contributed by atoms with Crippen LogP contribution < -0.4 is 4.73 Å². The van der Waals surface area contributed by atoms with Gasteiger partial charge in [-0.1, -0.05) is 29.8 Å². The van der Waals surface area contributed by atoms with E-state index in [0.29, 0.717) is 9.34 Å². The van der Waals surface area contributed by atoms with Crippen molar-refractivity contribution >= 4 is 22.9 Å². The Morgan fingerprint density at radius 3 is 2.46 bits per heavy atom. The van der Waals surface area contributed by atoms with E-state index in [1.165, 1.54) is 17.5 Å². The molecule has 2 nitrogen and oxygen atoms in total. The molecule has 0 unspecified atom stereocenters. The molecule has 0 spiro atoms. The van der Waals surface area contributed by atoms with Crippen molar-refractivity contribution in [2.75, 3.05) is 0 Å². The highest BCUT2D eigenvalue weighted by Gasteiger charge is 2.12. The summed E-state index contributed by atoms with van der Waals surface area (Å²) >= 11 is 7.00. The van der Waals surface area contributed by atoms with Gasteiger partial charge in [0.15, 0.2) is 4.34 Å². The van der Waals surface area contributed by atoms with Gasteiger partial charge in [-0.05, 0) is 23.5 Å². The lowest BCUT2D eigenvalue weighted by Gasteiger charge is -1.95. The van der Waals surface area contributed by atoms with Gasteiger partial charge in [0, 0.05) is 0 Å². The number of hydrogen-bond donors (Lipinski definition) is 0. The standard InChI is InChI=1S/C9H6ClNOS/c10-8-6-11(12)9(13-8)7-4-2-1-3-5-7/h1-6H. The number of benzene rings is 1. The molecule has 0 aliphatic heterocycles. The molecule has 2 rings (SSSR count). The van der Waals surface area contributed by atoms with E-state index in [0.717, 1.165) is 10.3 Å². The minimum absolute atomic E-state index is 0.508. The topological polar surface area (TPSA) is 26.9 Å². The third-order valence-corrected chi connectivity index (χ3v) is 2.87. The molecule has 0 fully saturated rings. The molecule has 1 aromatic heterocycles. The van der Waals surface area contributed by atoms with E-state index < -0.39 is 0 Å². The van der Waals surface area contributed by atoms with E-state index in [4.69, 9.17) is 11.6 Å². The fourth-order valence-electron chi connectivity index (χ4n) is 1.08. The maximum Gasteiger partial charge on any atom is 0.281 e. The summed E-state index contributed by atoms with van der Waals surface area (Å²) in [7, 11) is 0. The third kappa shape index (κ3) is 1.66. The molecule has 0 radical (unpaired) electrons. The molecule has 0 saturated carbocycles. The average Bonchev–Trinajstić information content (AvgIpc) is 2.47. The molecular formula is C9H6ClNOS. The molecule has 0 N–H and O–H groups in total. The second-order valence-electron chi connectivity index (χ2n) is 2.53. The Hall–Kier alpha value is -1.06. The lowest BCUT2D eigenvalue weighted by molar-refractivity contribution is -0.588. The van der Waals surface area contributed by atoms with E-state index >= 15 is 0 Å². The zero-order chi connectivity index (χ0) is 9.26. The summed E-state index contributed by atoms with van der Waals surface area (Å²) in [5.74, 6) is 0. The van der Waals surface area contributed by atoms with Crippen LogP contribution in [0.15, 0.2) is 36.5 Å². The minimum Gasteiger partial charge on any atom is -0.618 e. The summed E-state index contributed by atoms with van der Waals surface area (Å²) in [6.07, 6.45) is 1.37. The fourth-order valence-corrected chi connectivity index (χ4v) is 2.12. The second-order valence-corrected chi connectivity index (χ2v) is 4.19. The average molecular weight is 212 g/mol. The zero-order valence-electron chi connectivity index (χ0n) is 6.61. The van der Waals surface area contributed by atoms with Gasteiger partial charge in [-0.2, -0.15) is 4.73 Å². The van der Waals surface area contributed by atoms with Gasteiger partial charge in [-0.3, -0.25) is 0 Å². The van der Waals surface area contributed by atoms with Crippen LogP contribution in [0.3, 0.4) is 0 Å². The lowest BCUT2D eigenvalue weighted by atomic mass is 10.2. The molecule has 4 heteroatoms. The number of hydrogen-bond acceptors (Lipinski definition) is 2. The van der Waals surface area contributed by atoms with Crippen molar-refractivity contribution in [1.82, 2.24) is 0 Å². The van der Waals surface area contributed by atoms with Crippen molar-refractivity contribution in [3.05, 3.63) is 46.1 Å². The van der Waals surface area contributed by atoms with Gasteiger partial charge < -0.3 is 5.21 Å². The number of thiazole rings is 1. The Bertz CT molecular complexity index is 413. The molecule has 13 heavy (non-hydrogen) atoms. The Morgan fingerprint density at radius 1 is 1.23 bits per heavy atom. The van der Waals surface area contributed by atoms with Gasteiger partial charge in [0.05, 0.1) is 5.56 Å². The Labute approximate surface area is 84.6 Å². The summed E-state index contributed by atoms with van der Waals surface area (Å²) < 4.78 is 1.30. The van der Waals surface area contributed by atoms with Crippen molar-refractivity contribution in [3.8, 4) is 10.6 Å². The third-order valence-electron chi connectivity index (χ3n) is 1.63. The van der Waals surface area contributed by atoms with E-state index in [1.807, 2.05) is 30.3 Å². The van der Waals surface area contributed by atoms with Crippen LogP contribution in [0.2, 0.25) is 4.34 Å². The van der Waals surface area contributed by atoms with Crippen LogP contribution in [0.25, 0.3) is 10.6 Å². The molecule has 66 valence electrons. The Balaban J connectivity index is 2.53. The molecule has 0 bridgehead atoms. The normalized spacial score (nSPS) is 10.2. The van der Waals surface area contributed by atoms with Crippen LogP contribution in [0.1, 0.15) is 0 Å². The Morgan fingerprint density at radius 2 is 1.92 bits per heavy atom. The molecular weight excluding hydrogens is 206 g/mol. The van der Waals surface area contributed by atoms with E-state index in [9.17, 15) is 5.21 Å². The highest BCUT2D eigenvalue weighted by molar-refractivity contribution is 7.18. The predicted molar refractivity (Wildman–Crippen MR) is 53.7 cm³/mol. The minimum atomic E-state index is 0.508. The zero-order valence-corrected chi connectivity index (χ0v) is 8.18. The molecule has 1 aromatic carbocycles. The molecule has 0 atom stereocenters. The van der Waals surface area contributed by atoms with Crippen molar-refractivity contribution in [3.63, 3.8) is 0 Å². The summed E-state index contributed by atoms with van der Waals surface area (Å²) in [6.45, 7) is 0. The van der Waals surface area contributed by atoms with Gasteiger partial charge in [-0.25, -0.2) is 0 Å². The number of nitrogens with zero attached hydrogens (tertiary/aromatic N) is 1. The maximum absolute atomic E-state index is 11.3. The second kappa shape index (κ2) is 3.36. The highest BCUT2D eigenvalue weighted by Crippen LogP contribution is 2.25. The molecule has 0 aliphatic carbocycles. The van der Waals surface area contributed by atoms with Gasteiger partial charge >= 0.3 is 0 Å². The Kier molecular flexibility index (Phi) is 2.20. The van der Waals surface area contributed by atoms with E-state index in [2.05, 4.69) is 0 Å². The smallest absolute Gasteiger partial charge is 0.281 e. The van der Waals surface area contributed by atoms with Crippen molar-refractivity contribution in [2.24, 2.45) is 0 Å². The number of rotatable bonds is 1. The largest absolute Gasteiger partial charge is 0.618 e. The molecule has 0 saturated heterocycles. The molecule has 1 heterocycles. The fraction of sp³-hybridized carbons (Fsp3) is 0. The number of aromatic nitrogens is 1. The lowest BCUT2D eigenvalue weighted by Crippen LogP contribution is -2.24. The maximum atomic E-state index is 11.3. The first-order chi connectivity index (χ1) is 6.27. The van der Waals surface area contributed by atoms with Gasteiger partial charge in [0.2, 0.25) is 6.20 Å². The molecule has 0 aliphatic rings. The van der Waals surface area contributed by atoms with Crippen molar-refractivity contribution in [1.29, 1.82) is 0 Å². The van der Waals surface area contributed by atoms with Crippen molar-refractivity contribution < 1.29 is 4.73 Å². The summed E-state index contributed by atoms with van der Waals surface area (Å²) in [5, 5.41) is 11.9. The first kappa shape index (κ1) is 8.53. The summed E-state index contributed by atoms with van der Waals surface area (Å²) in [4.78, 5) is 0. The summed E-state index contributed by atoms with van der Waals surface area (Å²) in [6, 6.07) is 9.47. The van der Waals surface area contributed by atoms with Gasteiger partial charge in [0.25, 0.3) is 5.01 Å². The first-order valence-corrected chi connectivity index (χ1v) is 4.91.